The van der Waals surface area contributed by atoms with Gasteiger partial charge in [-0.25, -0.2) is 14.4 Å². The summed E-state index contributed by atoms with van der Waals surface area (Å²) in [5.74, 6) is 0. The number of hydrogen-bond acceptors (Lipinski definition) is 3. The zero-order chi connectivity index (χ0) is 10.7. The van der Waals surface area contributed by atoms with Crippen LogP contribution in [0.2, 0.25) is 0 Å². The summed E-state index contributed by atoms with van der Waals surface area (Å²) in [6.45, 7) is 0. The summed E-state index contributed by atoms with van der Waals surface area (Å²) in [6, 6.07) is 0. The van der Waals surface area contributed by atoms with Crippen molar-refractivity contribution in [2.24, 2.45) is 0 Å². The van der Waals surface area contributed by atoms with Gasteiger partial charge in [0.2, 0.25) is 0 Å². The molecule has 0 aromatic heterocycles. The minimum atomic E-state index is -1.83. The van der Waals surface area contributed by atoms with E-state index in [0.29, 0.717) is 0 Å². The topological polar surface area (TPSA) is 173 Å². The van der Waals surface area contributed by atoms with Gasteiger partial charge in [-0.15, -0.1) is 0 Å². The second kappa shape index (κ2) is 42.8. The fourth-order valence-corrected chi connectivity index (χ4v) is 0. The molecule has 6 N–H and O–H groups in total. The molecule has 0 aliphatic rings. The van der Waals surface area contributed by atoms with Gasteiger partial charge >= 0.3 is 166 Å². The van der Waals surface area contributed by atoms with Crippen LogP contribution < -0.4 is 148 Å². The molecule has 0 saturated heterocycles. The van der Waals surface area contributed by atoms with Crippen LogP contribution in [0.5, 0.6) is 0 Å². The van der Waals surface area contributed by atoms with Crippen molar-refractivity contribution in [2.45, 2.75) is 0 Å². The molecule has 0 fully saturated rings. The van der Waals surface area contributed by atoms with Crippen LogP contribution >= 0.6 is 0 Å². The third-order valence-electron chi connectivity index (χ3n) is 0. The third-order valence-corrected chi connectivity index (χ3v) is 0. The minimum Gasteiger partial charge on any atom is -1.00 e. The Bertz CT molecular complexity index is 139. The van der Waals surface area contributed by atoms with Crippen molar-refractivity contribution in [2.75, 3.05) is 0 Å². The van der Waals surface area contributed by atoms with Crippen molar-refractivity contribution >= 4 is 18.5 Å². The van der Waals surface area contributed by atoms with Crippen LogP contribution in [0.15, 0.2) is 0 Å². The summed E-state index contributed by atoms with van der Waals surface area (Å²) in [6.07, 6.45) is -5.50. The molecule has 0 bridgehead atoms. The van der Waals surface area contributed by atoms with Gasteiger partial charge in [0.25, 0.3) is 0 Å². The van der Waals surface area contributed by atoms with Gasteiger partial charge in [-0.1, -0.05) is 0 Å². The molecule has 0 aromatic rings. The molecule has 0 unspecified atom stereocenters. The fraction of sp³-hybridized carbons (Fsp3) is 0. The van der Waals surface area contributed by atoms with Gasteiger partial charge in [-0.05, 0) is 0 Å². The molecule has 17 heavy (non-hydrogen) atoms. The molecule has 82 valence electrons. The maximum absolute atomic E-state index is 8.56. The second-order valence-electron chi connectivity index (χ2n) is 0.848. The monoisotopic (exact) mass is 306 g/mol. The van der Waals surface area contributed by atoms with Gasteiger partial charge in [0.1, 0.15) is 0 Å². The zero-order valence-corrected chi connectivity index (χ0v) is 20.4. The van der Waals surface area contributed by atoms with Crippen LogP contribution in [0.3, 0.4) is 0 Å². The molecule has 0 atom stereocenters. The molecule has 0 aromatic carbocycles. The Hall–Kier alpha value is 2.81. The Kier molecular flexibility index (Phi) is 126. The number of carboxylic acid groups (broad SMARTS) is 6. The number of carbonyl (C=O) groups is 3. The van der Waals surface area contributed by atoms with Crippen LogP contribution in [-0.4, -0.2) is 49.1 Å². The molecule has 0 aliphatic carbocycles. The first-order valence-corrected chi connectivity index (χ1v) is 1.95. The van der Waals surface area contributed by atoms with E-state index in [2.05, 4.69) is 0 Å². The van der Waals surface area contributed by atoms with Gasteiger partial charge in [0, 0.05) is 0 Å². The molecular formula is C3H11Na5O9. The second-order valence-corrected chi connectivity index (χ2v) is 0.848. The van der Waals surface area contributed by atoms with Crippen molar-refractivity contribution in [3.8, 4) is 0 Å². The van der Waals surface area contributed by atoms with E-state index in [9.17, 15) is 0 Å². The van der Waals surface area contributed by atoms with E-state index in [1.54, 1.807) is 0 Å². The van der Waals surface area contributed by atoms with Crippen molar-refractivity contribution in [1.29, 1.82) is 0 Å². The third kappa shape index (κ3) is 673. The maximum Gasteiger partial charge on any atom is 1.00 e. The summed E-state index contributed by atoms with van der Waals surface area (Å²) in [5, 5.41) is 41.8. The molecule has 14 heteroatoms. The first-order chi connectivity index (χ1) is 5.20. The van der Waals surface area contributed by atoms with Crippen LogP contribution in [0.25, 0.3) is 0 Å². The average molecular weight is 306 g/mol. The van der Waals surface area contributed by atoms with Gasteiger partial charge in [-0.3, -0.25) is 0 Å². The minimum absolute atomic E-state index is 0. The smallest absolute Gasteiger partial charge is 1.00 e. The number of rotatable bonds is 0. The van der Waals surface area contributed by atoms with Crippen LogP contribution in [-0.2, 0) is 0 Å². The molecule has 0 spiro atoms. The van der Waals surface area contributed by atoms with Crippen molar-refractivity contribution in [3.05, 3.63) is 0 Å². The molecule has 0 saturated carbocycles. The van der Waals surface area contributed by atoms with Crippen molar-refractivity contribution in [1.82, 2.24) is 0 Å². The first-order valence-electron chi connectivity index (χ1n) is 1.95. The largest absolute Gasteiger partial charge is 1.00 e. The molecule has 9 nitrogen and oxygen atoms in total. The van der Waals surface area contributed by atoms with Gasteiger partial charge in [-0.2, -0.15) is 0 Å². The Labute approximate surface area is 214 Å². The predicted octanol–water partition coefficient (Wildman–Crippen LogP) is -13.8. The van der Waals surface area contributed by atoms with Crippen molar-refractivity contribution < 1.29 is 200 Å². The predicted molar refractivity (Wildman–Crippen MR) is 37.5 cm³/mol. The summed E-state index contributed by atoms with van der Waals surface area (Å²) in [7, 11) is 0. The summed E-state index contributed by atoms with van der Waals surface area (Å²) in [5.41, 5.74) is 0. The van der Waals surface area contributed by atoms with Crippen molar-refractivity contribution in [3.63, 3.8) is 0 Å². The molecule has 0 aliphatic heterocycles. The van der Waals surface area contributed by atoms with E-state index in [-0.39, 0.29) is 155 Å². The Morgan fingerprint density at radius 1 is 0.471 bits per heavy atom. The van der Waals surface area contributed by atoms with E-state index in [1.807, 2.05) is 0 Å². The molecular weight excluding hydrogens is 295 g/mol. The van der Waals surface area contributed by atoms with E-state index in [1.165, 1.54) is 0 Å². The number of hydrogen-bond donors (Lipinski definition) is 6. The zero-order valence-electron chi connectivity index (χ0n) is 15.4. The van der Waals surface area contributed by atoms with Gasteiger partial charge in [0.15, 0.2) is 0 Å². The van der Waals surface area contributed by atoms with Gasteiger partial charge in [0.05, 0.1) is 0 Å². The summed E-state index contributed by atoms with van der Waals surface area (Å²) >= 11 is 0. The van der Waals surface area contributed by atoms with Gasteiger partial charge < -0.3 is 37.8 Å². The molecule has 0 radical (unpaired) electrons. The van der Waals surface area contributed by atoms with Crippen LogP contribution in [0, 0.1) is 0 Å². The molecule has 0 rings (SSSR count). The standard InChI is InChI=1S/3CH2O3.5Na.5H/c3*2-1(3)4;;;;;;;;;;/h3*(H2,2,3,4);;;;;;;;;;/q;;;5*+1;5*-1. The molecule has 0 heterocycles. The van der Waals surface area contributed by atoms with E-state index in [0.717, 1.165) is 0 Å². The fourth-order valence-electron chi connectivity index (χ4n) is 0. The summed E-state index contributed by atoms with van der Waals surface area (Å²) < 4.78 is 0. The Balaban J connectivity index is -0.00000000409. The first kappa shape index (κ1) is 50.3. The Morgan fingerprint density at radius 3 is 0.471 bits per heavy atom. The van der Waals surface area contributed by atoms with Crippen LogP contribution in [0.4, 0.5) is 14.4 Å². The summed E-state index contributed by atoms with van der Waals surface area (Å²) in [4.78, 5) is 25.7. The quantitative estimate of drug-likeness (QED) is 0.237. The average Bonchev–Trinajstić information content (AvgIpc) is 1.54. The van der Waals surface area contributed by atoms with E-state index >= 15 is 0 Å². The maximum atomic E-state index is 8.56. The van der Waals surface area contributed by atoms with E-state index in [4.69, 9.17) is 45.0 Å². The normalized spacial score (nSPS) is 4.24. The SMILES string of the molecule is O=C(O)O.O=C(O)O.O=C(O)O.[H-].[H-].[H-].[H-].[H-].[Na+].[Na+].[Na+].[Na+].[Na+]. The molecule has 0 amide bonds. The Morgan fingerprint density at radius 2 is 0.471 bits per heavy atom. The van der Waals surface area contributed by atoms with Crippen LogP contribution in [0.1, 0.15) is 7.13 Å². The van der Waals surface area contributed by atoms with E-state index < -0.39 is 18.5 Å².